The summed E-state index contributed by atoms with van der Waals surface area (Å²) in [7, 11) is -2.08. The Hall–Kier alpha value is -0.960. The van der Waals surface area contributed by atoms with E-state index >= 15 is 0 Å². The molecule has 1 unspecified atom stereocenters. The van der Waals surface area contributed by atoms with Gasteiger partial charge in [0.1, 0.15) is 0 Å². The Labute approximate surface area is 126 Å². The molecule has 21 heavy (non-hydrogen) atoms. The number of aromatic nitrogens is 2. The Balaban J connectivity index is 2.84. The van der Waals surface area contributed by atoms with Gasteiger partial charge in [0.05, 0.1) is 12.8 Å². The number of nitrogens with zero attached hydrogens (tertiary/aromatic N) is 1. The van der Waals surface area contributed by atoms with Crippen LogP contribution in [0, 0.1) is 5.92 Å². The third-order valence-electron chi connectivity index (χ3n) is 3.15. The van der Waals surface area contributed by atoms with E-state index in [9.17, 15) is 8.42 Å². The van der Waals surface area contributed by atoms with Crippen LogP contribution in [-0.4, -0.2) is 44.9 Å². The highest BCUT2D eigenvalue weighted by Gasteiger charge is 2.26. The van der Waals surface area contributed by atoms with Crippen molar-refractivity contribution in [3.8, 4) is 0 Å². The molecule has 0 aliphatic carbocycles. The molecule has 0 bridgehead atoms. The second kappa shape index (κ2) is 8.47. The predicted octanol–water partition coefficient (Wildman–Crippen LogP) is 0.859. The number of sulfonamides is 1. The molecule has 0 spiro atoms. The molecule has 0 fully saturated rings. The molecule has 1 aromatic heterocycles. The molecule has 0 saturated heterocycles. The van der Waals surface area contributed by atoms with Gasteiger partial charge in [-0.1, -0.05) is 20.8 Å². The van der Waals surface area contributed by atoms with Crippen molar-refractivity contribution in [1.82, 2.24) is 20.2 Å². The number of ether oxygens (including phenoxy) is 1. The van der Waals surface area contributed by atoms with Gasteiger partial charge >= 0.3 is 0 Å². The largest absolute Gasteiger partial charge is 0.383 e. The first-order valence-electron chi connectivity index (χ1n) is 7.16. The van der Waals surface area contributed by atoms with E-state index in [0.29, 0.717) is 18.7 Å². The van der Waals surface area contributed by atoms with Gasteiger partial charge in [0.2, 0.25) is 0 Å². The van der Waals surface area contributed by atoms with E-state index in [0.717, 1.165) is 13.0 Å². The van der Waals surface area contributed by atoms with E-state index in [-0.39, 0.29) is 17.0 Å². The molecular formula is C13H26N4O3S. The molecule has 1 aromatic rings. The van der Waals surface area contributed by atoms with E-state index in [1.165, 1.54) is 6.20 Å². The third-order valence-corrected chi connectivity index (χ3v) is 4.65. The summed E-state index contributed by atoms with van der Waals surface area (Å²) in [6.07, 6.45) is 2.53. The number of hydrogen-bond acceptors (Lipinski definition) is 5. The lowest BCUT2D eigenvalue weighted by atomic mass is 10.1. The van der Waals surface area contributed by atoms with E-state index in [2.05, 4.69) is 27.2 Å². The highest BCUT2D eigenvalue weighted by molar-refractivity contribution is 7.89. The monoisotopic (exact) mass is 318 g/mol. The van der Waals surface area contributed by atoms with Crippen LogP contribution in [-0.2, 0) is 21.3 Å². The molecule has 0 aliphatic rings. The normalized spacial score (nSPS) is 13.8. The summed E-state index contributed by atoms with van der Waals surface area (Å²) < 4.78 is 32.7. The SMILES string of the molecule is CCCNCc1cn[nH]c1S(=O)(=O)NC(COC)C(C)C. The van der Waals surface area contributed by atoms with Crippen molar-refractivity contribution < 1.29 is 13.2 Å². The molecule has 8 heteroatoms. The molecule has 3 N–H and O–H groups in total. The topological polar surface area (TPSA) is 96.1 Å². The molecule has 0 radical (unpaired) electrons. The van der Waals surface area contributed by atoms with E-state index in [1.54, 1.807) is 7.11 Å². The Kier molecular flexibility index (Phi) is 7.30. The van der Waals surface area contributed by atoms with E-state index < -0.39 is 10.0 Å². The van der Waals surface area contributed by atoms with Crippen molar-refractivity contribution in [3.05, 3.63) is 11.8 Å². The summed E-state index contributed by atoms with van der Waals surface area (Å²) in [6, 6.07) is -0.278. The van der Waals surface area contributed by atoms with Gasteiger partial charge in [-0.05, 0) is 18.9 Å². The Morgan fingerprint density at radius 1 is 1.43 bits per heavy atom. The lowest BCUT2D eigenvalue weighted by molar-refractivity contribution is 0.157. The van der Waals surface area contributed by atoms with Crippen LogP contribution in [0.1, 0.15) is 32.8 Å². The zero-order valence-electron chi connectivity index (χ0n) is 13.1. The van der Waals surface area contributed by atoms with Crippen LogP contribution in [0.4, 0.5) is 0 Å². The van der Waals surface area contributed by atoms with Crippen molar-refractivity contribution in [2.75, 3.05) is 20.3 Å². The quantitative estimate of drug-likeness (QED) is 0.556. The first-order valence-corrected chi connectivity index (χ1v) is 8.64. The molecule has 1 atom stereocenters. The van der Waals surface area contributed by atoms with Gasteiger partial charge in [0, 0.05) is 25.3 Å². The van der Waals surface area contributed by atoms with Crippen molar-refractivity contribution in [1.29, 1.82) is 0 Å². The van der Waals surface area contributed by atoms with Crippen molar-refractivity contribution in [3.63, 3.8) is 0 Å². The summed E-state index contributed by atoms with van der Waals surface area (Å²) >= 11 is 0. The van der Waals surface area contributed by atoms with E-state index in [1.807, 2.05) is 13.8 Å². The van der Waals surface area contributed by atoms with E-state index in [4.69, 9.17) is 4.74 Å². The van der Waals surface area contributed by atoms with Gasteiger partial charge in [-0.3, -0.25) is 5.10 Å². The fourth-order valence-electron chi connectivity index (χ4n) is 1.86. The lowest BCUT2D eigenvalue weighted by Crippen LogP contribution is -2.42. The highest BCUT2D eigenvalue weighted by Crippen LogP contribution is 2.14. The minimum atomic E-state index is -3.64. The third kappa shape index (κ3) is 5.39. The van der Waals surface area contributed by atoms with Crippen molar-refractivity contribution in [2.45, 2.75) is 44.8 Å². The average molecular weight is 318 g/mol. The fraction of sp³-hybridized carbons (Fsp3) is 0.769. The number of rotatable bonds is 10. The molecular weight excluding hydrogens is 292 g/mol. The smallest absolute Gasteiger partial charge is 0.258 e. The maximum atomic E-state index is 12.5. The van der Waals surface area contributed by atoms with Crippen LogP contribution >= 0.6 is 0 Å². The molecule has 0 amide bonds. The van der Waals surface area contributed by atoms with Crippen LogP contribution in [0.3, 0.4) is 0 Å². The van der Waals surface area contributed by atoms with Crippen molar-refractivity contribution >= 4 is 10.0 Å². The van der Waals surface area contributed by atoms with Gasteiger partial charge in [0.15, 0.2) is 5.03 Å². The second-order valence-electron chi connectivity index (χ2n) is 5.33. The number of nitrogens with one attached hydrogen (secondary N) is 3. The van der Waals surface area contributed by atoms with Crippen LogP contribution in [0.25, 0.3) is 0 Å². The van der Waals surface area contributed by atoms with Gasteiger partial charge in [0.25, 0.3) is 10.0 Å². The maximum absolute atomic E-state index is 12.5. The summed E-state index contributed by atoms with van der Waals surface area (Å²) in [5.41, 5.74) is 0.635. The van der Waals surface area contributed by atoms with Gasteiger partial charge < -0.3 is 10.1 Å². The second-order valence-corrected chi connectivity index (χ2v) is 6.98. The molecule has 1 rings (SSSR count). The highest BCUT2D eigenvalue weighted by atomic mass is 32.2. The summed E-state index contributed by atoms with van der Waals surface area (Å²) in [6.45, 7) is 7.58. The van der Waals surface area contributed by atoms with Gasteiger partial charge in [-0.15, -0.1) is 0 Å². The first kappa shape index (κ1) is 18.1. The zero-order valence-corrected chi connectivity index (χ0v) is 14.0. The van der Waals surface area contributed by atoms with Gasteiger partial charge in [-0.2, -0.15) is 5.10 Å². The Morgan fingerprint density at radius 2 is 2.14 bits per heavy atom. The minimum Gasteiger partial charge on any atom is -0.383 e. The lowest BCUT2D eigenvalue weighted by Gasteiger charge is -2.21. The summed E-state index contributed by atoms with van der Waals surface area (Å²) in [5, 5.41) is 9.72. The molecule has 0 saturated carbocycles. The predicted molar refractivity (Wildman–Crippen MR) is 81.4 cm³/mol. The summed E-state index contributed by atoms with van der Waals surface area (Å²) in [4.78, 5) is 0. The van der Waals surface area contributed by atoms with Crippen LogP contribution in [0.15, 0.2) is 11.2 Å². The summed E-state index contributed by atoms with van der Waals surface area (Å²) in [5.74, 6) is 0.129. The molecule has 0 aromatic carbocycles. The van der Waals surface area contributed by atoms with Crippen LogP contribution < -0.4 is 10.0 Å². The molecule has 7 nitrogen and oxygen atoms in total. The van der Waals surface area contributed by atoms with Crippen molar-refractivity contribution in [2.24, 2.45) is 5.92 Å². The molecule has 122 valence electrons. The maximum Gasteiger partial charge on any atom is 0.258 e. The Bertz CT molecular complexity index is 513. The molecule has 1 heterocycles. The number of H-pyrrole nitrogens is 1. The first-order chi connectivity index (χ1) is 9.92. The van der Waals surface area contributed by atoms with Crippen LogP contribution in [0.2, 0.25) is 0 Å². The fourth-order valence-corrected chi connectivity index (χ4v) is 3.36. The standard InChI is InChI=1S/C13H26N4O3S/c1-5-6-14-7-11-8-15-16-13(11)21(18,19)17-12(9-20-4)10(2)3/h8,10,12,14,17H,5-7,9H2,1-4H3,(H,15,16). The van der Waals surface area contributed by atoms with Gasteiger partial charge in [-0.25, -0.2) is 13.1 Å². The minimum absolute atomic E-state index is 0.118. The van der Waals surface area contributed by atoms with Crippen LogP contribution in [0.5, 0.6) is 0 Å². The number of aromatic amines is 1. The Morgan fingerprint density at radius 3 is 2.71 bits per heavy atom. The number of hydrogen-bond donors (Lipinski definition) is 3. The molecule has 0 aliphatic heterocycles. The number of methoxy groups -OCH3 is 1. The average Bonchev–Trinajstić information content (AvgIpc) is 2.87. The zero-order chi connectivity index (χ0) is 15.9.